The molecule has 3 heteroatoms. The van der Waals surface area contributed by atoms with Crippen molar-refractivity contribution in [2.45, 2.75) is 51.0 Å². The summed E-state index contributed by atoms with van der Waals surface area (Å²) >= 11 is 0. The lowest BCUT2D eigenvalue weighted by molar-refractivity contribution is -0.166. The highest BCUT2D eigenvalue weighted by Crippen LogP contribution is 2.64. The number of fused-ring (bicyclic) bond motifs is 1. The second-order valence-electron chi connectivity index (χ2n) is 5.21. The van der Waals surface area contributed by atoms with Gasteiger partial charge in [0.1, 0.15) is 0 Å². The molecule has 0 heterocycles. The third kappa shape index (κ3) is 1.58. The second kappa shape index (κ2) is 3.88. The Labute approximate surface area is 96.5 Å². The Balaban J connectivity index is 2.05. The SMILES string of the molecule is CCCC/C=C1\CC2(C(=O)OC)CC1(O)C2. The first kappa shape index (κ1) is 11.6. The molecule has 0 atom stereocenters. The van der Waals surface area contributed by atoms with Gasteiger partial charge in [-0.15, -0.1) is 0 Å². The van der Waals surface area contributed by atoms with Gasteiger partial charge in [0.15, 0.2) is 0 Å². The van der Waals surface area contributed by atoms with Crippen molar-refractivity contribution in [2.24, 2.45) is 5.41 Å². The van der Waals surface area contributed by atoms with Gasteiger partial charge in [-0.25, -0.2) is 0 Å². The molecule has 90 valence electrons. The zero-order valence-corrected chi connectivity index (χ0v) is 10.1. The van der Waals surface area contributed by atoms with Crippen molar-refractivity contribution in [1.29, 1.82) is 0 Å². The van der Waals surface area contributed by atoms with Gasteiger partial charge in [0.2, 0.25) is 0 Å². The van der Waals surface area contributed by atoms with Gasteiger partial charge in [-0.05, 0) is 31.3 Å². The Morgan fingerprint density at radius 2 is 2.25 bits per heavy atom. The minimum absolute atomic E-state index is 0.156. The molecular weight excluding hydrogens is 204 g/mol. The first-order valence-corrected chi connectivity index (χ1v) is 6.07. The Morgan fingerprint density at radius 1 is 1.56 bits per heavy atom. The van der Waals surface area contributed by atoms with Crippen molar-refractivity contribution in [3.63, 3.8) is 0 Å². The Hall–Kier alpha value is -0.830. The van der Waals surface area contributed by atoms with E-state index in [2.05, 4.69) is 13.0 Å². The van der Waals surface area contributed by atoms with Crippen molar-refractivity contribution in [1.82, 2.24) is 0 Å². The van der Waals surface area contributed by atoms with Gasteiger partial charge in [-0.1, -0.05) is 25.8 Å². The van der Waals surface area contributed by atoms with Crippen molar-refractivity contribution < 1.29 is 14.6 Å². The summed E-state index contributed by atoms with van der Waals surface area (Å²) in [6, 6.07) is 0. The van der Waals surface area contributed by atoms with Crippen LogP contribution in [0.4, 0.5) is 0 Å². The second-order valence-corrected chi connectivity index (χ2v) is 5.21. The highest BCUT2D eigenvalue weighted by molar-refractivity contribution is 5.81. The average Bonchev–Trinajstić information content (AvgIpc) is 2.66. The molecule has 3 aliphatic rings. The summed E-state index contributed by atoms with van der Waals surface area (Å²) in [5.74, 6) is -0.156. The van der Waals surface area contributed by atoms with Crippen LogP contribution in [0.1, 0.15) is 45.4 Å². The van der Waals surface area contributed by atoms with Crippen molar-refractivity contribution >= 4 is 5.97 Å². The molecular formula is C13H20O3. The average molecular weight is 224 g/mol. The van der Waals surface area contributed by atoms with Crippen LogP contribution < -0.4 is 0 Å². The molecule has 0 aromatic rings. The standard InChI is InChI=1S/C13H20O3/c1-3-4-5-6-10-7-12(11(14)16-2)8-13(10,15)9-12/h6,15H,3-5,7-9H2,1-2H3/b10-6+. The van der Waals surface area contributed by atoms with E-state index in [1.165, 1.54) is 7.11 Å². The summed E-state index contributed by atoms with van der Waals surface area (Å²) in [4.78, 5) is 11.6. The number of carbonyl (C=O) groups excluding carboxylic acids is 1. The van der Waals surface area contributed by atoms with Crippen LogP contribution in [0.15, 0.2) is 11.6 Å². The zero-order chi connectivity index (χ0) is 11.8. The van der Waals surface area contributed by atoms with Gasteiger partial charge in [-0.2, -0.15) is 0 Å². The molecule has 0 amide bonds. The third-order valence-corrected chi connectivity index (χ3v) is 3.96. The Morgan fingerprint density at radius 3 is 2.81 bits per heavy atom. The Bertz CT molecular complexity index is 324. The molecule has 0 aromatic heterocycles. The monoisotopic (exact) mass is 224 g/mol. The van der Waals surface area contributed by atoms with Crippen LogP contribution in [0.2, 0.25) is 0 Å². The fraction of sp³-hybridized carbons (Fsp3) is 0.769. The molecule has 16 heavy (non-hydrogen) atoms. The van der Waals surface area contributed by atoms with Crippen molar-refractivity contribution in [2.75, 3.05) is 7.11 Å². The summed E-state index contributed by atoms with van der Waals surface area (Å²) in [7, 11) is 1.42. The van der Waals surface area contributed by atoms with Crippen LogP contribution in [0.5, 0.6) is 0 Å². The van der Waals surface area contributed by atoms with Gasteiger partial charge in [0.05, 0.1) is 18.1 Å². The van der Waals surface area contributed by atoms with Gasteiger partial charge < -0.3 is 9.84 Å². The number of rotatable bonds is 4. The molecule has 2 bridgehead atoms. The van der Waals surface area contributed by atoms with Crippen molar-refractivity contribution in [3.8, 4) is 0 Å². The van der Waals surface area contributed by atoms with E-state index in [1.807, 2.05) is 0 Å². The molecule has 0 saturated heterocycles. The van der Waals surface area contributed by atoms with E-state index in [-0.39, 0.29) is 5.97 Å². The molecule has 3 aliphatic carbocycles. The largest absolute Gasteiger partial charge is 0.469 e. The minimum atomic E-state index is -0.693. The first-order valence-electron chi connectivity index (χ1n) is 6.07. The molecule has 0 aromatic carbocycles. The van der Waals surface area contributed by atoms with E-state index in [0.29, 0.717) is 19.3 Å². The maximum Gasteiger partial charge on any atom is 0.312 e. The summed E-state index contributed by atoms with van der Waals surface area (Å²) in [6.07, 6.45) is 7.25. The van der Waals surface area contributed by atoms with E-state index >= 15 is 0 Å². The van der Waals surface area contributed by atoms with Crippen LogP contribution in [0.3, 0.4) is 0 Å². The molecule has 3 fully saturated rings. The summed E-state index contributed by atoms with van der Waals surface area (Å²) in [5.41, 5.74) is -0.0323. The van der Waals surface area contributed by atoms with Gasteiger partial charge >= 0.3 is 5.97 Å². The summed E-state index contributed by atoms with van der Waals surface area (Å²) in [6.45, 7) is 2.15. The molecule has 0 unspecified atom stereocenters. The summed E-state index contributed by atoms with van der Waals surface area (Å²) in [5, 5.41) is 10.3. The number of hydrogen-bond acceptors (Lipinski definition) is 3. The lowest BCUT2D eigenvalue weighted by atomic mass is 9.67. The van der Waals surface area contributed by atoms with Crippen molar-refractivity contribution in [3.05, 3.63) is 11.6 Å². The minimum Gasteiger partial charge on any atom is -0.469 e. The third-order valence-electron chi connectivity index (χ3n) is 3.96. The number of aliphatic hydroxyl groups is 1. The number of allylic oxidation sites excluding steroid dienone is 1. The number of carbonyl (C=O) groups is 1. The van der Waals surface area contributed by atoms with E-state index in [4.69, 9.17) is 4.74 Å². The molecule has 0 spiro atoms. The topological polar surface area (TPSA) is 46.5 Å². The quantitative estimate of drug-likeness (QED) is 0.452. The van der Waals surface area contributed by atoms with Crippen LogP contribution in [0, 0.1) is 5.41 Å². The number of esters is 1. The highest BCUT2D eigenvalue weighted by Gasteiger charge is 2.67. The fourth-order valence-electron chi connectivity index (χ4n) is 3.12. The summed E-state index contributed by atoms with van der Waals surface area (Å²) < 4.78 is 4.82. The molecule has 3 rings (SSSR count). The maximum atomic E-state index is 11.6. The predicted molar refractivity (Wildman–Crippen MR) is 60.9 cm³/mol. The Kier molecular flexibility index (Phi) is 2.82. The number of methoxy groups -OCH3 is 1. The van der Waals surface area contributed by atoms with E-state index in [0.717, 1.165) is 24.8 Å². The molecule has 3 saturated carbocycles. The molecule has 0 aliphatic heterocycles. The molecule has 0 radical (unpaired) electrons. The lowest BCUT2D eigenvalue weighted by Crippen LogP contribution is -2.48. The van der Waals surface area contributed by atoms with Gasteiger partial charge in [0, 0.05) is 0 Å². The number of ether oxygens (including phenoxy) is 1. The van der Waals surface area contributed by atoms with Crippen LogP contribution in [0.25, 0.3) is 0 Å². The van der Waals surface area contributed by atoms with Gasteiger partial charge in [-0.3, -0.25) is 4.79 Å². The molecule has 3 nitrogen and oxygen atoms in total. The first-order chi connectivity index (χ1) is 7.56. The van der Waals surface area contributed by atoms with Crippen LogP contribution in [-0.4, -0.2) is 23.8 Å². The maximum absolute atomic E-state index is 11.6. The predicted octanol–water partition coefficient (Wildman–Crippen LogP) is 2.19. The zero-order valence-electron chi connectivity index (χ0n) is 10.1. The fourth-order valence-corrected chi connectivity index (χ4v) is 3.12. The number of hydrogen-bond donors (Lipinski definition) is 1. The number of unbranched alkanes of at least 4 members (excludes halogenated alkanes) is 2. The van der Waals surface area contributed by atoms with Crippen LogP contribution in [-0.2, 0) is 9.53 Å². The normalized spacial score (nSPS) is 38.6. The smallest absolute Gasteiger partial charge is 0.312 e. The van der Waals surface area contributed by atoms with Gasteiger partial charge in [0.25, 0.3) is 0 Å². The highest BCUT2D eigenvalue weighted by atomic mass is 16.5. The van der Waals surface area contributed by atoms with E-state index < -0.39 is 11.0 Å². The lowest BCUT2D eigenvalue weighted by Gasteiger charge is -2.41. The van der Waals surface area contributed by atoms with Crippen LogP contribution >= 0.6 is 0 Å². The molecule has 1 N–H and O–H groups in total. The van der Waals surface area contributed by atoms with E-state index in [1.54, 1.807) is 0 Å². The van der Waals surface area contributed by atoms with E-state index in [9.17, 15) is 9.90 Å².